The molecule has 0 aromatic heterocycles. The fourth-order valence-corrected chi connectivity index (χ4v) is 1.94. The summed E-state index contributed by atoms with van der Waals surface area (Å²) in [6, 6.07) is 1.25. The van der Waals surface area contributed by atoms with E-state index in [0.29, 0.717) is 11.8 Å². The third-order valence-electron chi connectivity index (χ3n) is 2.82. The van der Waals surface area contributed by atoms with Crippen molar-refractivity contribution in [3.63, 3.8) is 0 Å². The highest BCUT2D eigenvalue weighted by atomic mass is 16.6. The van der Waals surface area contributed by atoms with Crippen LogP contribution in [0.2, 0.25) is 0 Å². The number of hydrogen-bond donors (Lipinski definition) is 0. The van der Waals surface area contributed by atoms with Crippen molar-refractivity contribution in [3.05, 3.63) is 22.8 Å². The van der Waals surface area contributed by atoms with Crippen LogP contribution >= 0.6 is 0 Å². The van der Waals surface area contributed by atoms with Crippen molar-refractivity contribution in [2.24, 2.45) is 0 Å². The molecule has 0 aliphatic rings. The predicted octanol–water partition coefficient (Wildman–Crippen LogP) is 1.37. The third kappa shape index (κ3) is 3.91. The largest absolute Gasteiger partial charge is 0.465 e. The second kappa shape index (κ2) is 7.35. The fourth-order valence-electron chi connectivity index (χ4n) is 1.94. The highest BCUT2D eigenvalue weighted by molar-refractivity contribution is 5.97. The molecule has 0 bridgehead atoms. The number of hydrogen-bond acceptors (Lipinski definition) is 7. The lowest BCUT2D eigenvalue weighted by molar-refractivity contribution is -0.132. The van der Waals surface area contributed by atoms with Crippen molar-refractivity contribution in [3.8, 4) is 11.5 Å². The summed E-state index contributed by atoms with van der Waals surface area (Å²) in [4.78, 5) is 45.2. The second-order valence-electron chi connectivity index (χ2n) is 4.40. The van der Waals surface area contributed by atoms with Gasteiger partial charge in [-0.3, -0.25) is 9.59 Å². The smallest absolute Gasteiger partial charge is 0.341 e. The first-order valence-corrected chi connectivity index (χ1v) is 6.37. The van der Waals surface area contributed by atoms with Gasteiger partial charge >= 0.3 is 17.9 Å². The van der Waals surface area contributed by atoms with Crippen LogP contribution in [0.4, 0.5) is 0 Å². The molecule has 7 nitrogen and oxygen atoms in total. The maximum Gasteiger partial charge on any atom is 0.341 e. The Labute approximate surface area is 127 Å². The highest BCUT2D eigenvalue weighted by Crippen LogP contribution is 2.34. The first-order chi connectivity index (χ1) is 10.3. The zero-order valence-electron chi connectivity index (χ0n) is 12.7. The van der Waals surface area contributed by atoms with E-state index in [4.69, 9.17) is 9.47 Å². The normalized spacial score (nSPS) is 9.82. The molecule has 0 aliphatic heterocycles. The number of methoxy groups -OCH3 is 1. The van der Waals surface area contributed by atoms with Crippen molar-refractivity contribution in [1.29, 1.82) is 0 Å². The van der Waals surface area contributed by atoms with Crippen LogP contribution in [-0.4, -0.2) is 31.3 Å². The number of carbonyl (C=O) groups is 4. The molecule has 22 heavy (non-hydrogen) atoms. The molecule has 7 heteroatoms. The Hall–Kier alpha value is -2.70. The number of rotatable bonds is 5. The molecule has 0 atom stereocenters. The average molecular weight is 308 g/mol. The second-order valence-corrected chi connectivity index (χ2v) is 4.40. The molecular weight excluding hydrogens is 292 g/mol. The van der Waals surface area contributed by atoms with Crippen LogP contribution in [0.3, 0.4) is 0 Å². The summed E-state index contributed by atoms with van der Waals surface area (Å²) < 4.78 is 14.7. The van der Waals surface area contributed by atoms with Crippen LogP contribution in [-0.2, 0) is 25.5 Å². The summed E-state index contributed by atoms with van der Waals surface area (Å²) >= 11 is 0. The maximum atomic E-state index is 12.0. The third-order valence-corrected chi connectivity index (χ3v) is 2.82. The minimum Gasteiger partial charge on any atom is -0.465 e. The van der Waals surface area contributed by atoms with Gasteiger partial charge < -0.3 is 19.0 Å². The highest BCUT2D eigenvalue weighted by Gasteiger charge is 2.24. The first kappa shape index (κ1) is 17.4. The zero-order valence-corrected chi connectivity index (χ0v) is 12.7. The van der Waals surface area contributed by atoms with Crippen LogP contribution in [0.1, 0.15) is 35.3 Å². The molecule has 0 radical (unpaired) electrons. The van der Waals surface area contributed by atoms with E-state index in [1.54, 1.807) is 6.92 Å². The van der Waals surface area contributed by atoms with Gasteiger partial charge in [0.2, 0.25) is 0 Å². The number of esters is 3. The van der Waals surface area contributed by atoms with E-state index in [9.17, 15) is 19.2 Å². The van der Waals surface area contributed by atoms with Crippen LogP contribution in [0, 0.1) is 6.92 Å². The summed E-state index contributed by atoms with van der Waals surface area (Å²) in [6.45, 7) is 3.95. The summed E-state index contributed by atoms with van der Waals surface area (Å²) in [6.07, 6.45) is 0.462. The van der Waals surface area contributed by atoms with Crippen molar-refractivity contribution >= 4 is 24.2 Å². The Kier molecular flexibility index (Phi) is 5.80. The molecule has 118 valence electrons. The van der Waals surface area contributed by atoms with Crippen molar-refractivity contribution < 1.29 is 33.4 Å². The Morgan fingerprint density at radius 3 is 2.09 bits per heavy atom. The number of benzene rings is 1. The van der Waals surface area contributed by atoms with Gasteiger partial charge in [0.25, 0.3) is 0 Å². The Bertz CT molecular complexity index is 631. The van der Waals surface area contributed by atoms with Gasteiger partial charge in [0.1, 0.15) is 23.3 Å². The quantitative estimate of drug-likeness (QED) is 0.460. The SMILES string of the molecule is COC(=O)c1c(OC(C)=O)cc(OC(C)=O)c(C)c1CC=O. The Morgan fingerprint density at radius 2 is 1.64 bits per heavy atom. The van der Waals surface area contributed by atoms with Crippen molar-refractivity contribution in [2.75, 3.05) is 7.11 Å². The van der Waals surface area contributed by atoms with Gasteiger partial charge in [-0.25, -0.2) is 4.79 Å². The van der Waals surface area contributed by atoms with Gasteiger partial charge in [-0.1, -0.05) is 0 Å². The minimum absolute atomic E-state index is 0.0433. The molecule has 0 heterocycles. The van der Waals surface area contributed by atoms with E-state index in [1.807, 2.05) is 0 Å². The number of aldehydes is 1. The van der Waals surface area contributed by atoms with Crippen LogP contribution in [0.25, 0.3) is 0 Å². The van der Waals surface area contributed by atoms with Gasteiger partial charge in [-0.05, 0) is 18.1 Å². The molecule has 0 amide bonds. The average Bonchev–Trinajstić information content (AvgIpc) is 2.42. The standard InChI is InChI=1S/C15H16O7/c1-8-11(5-6-16)14(15(19)20-4)13(22-10(3)18)7-12(8)21-9(2)17/h6-7H,5H2,1-4H3. The lowest BCUT2D eigenvalue weighted by Gasteiger charge is -2.17. The summed E-state index contributed by atoms with van der Waals surface area (Å²) in [5, 5.41) is 0. The topological polar surface area (TPSA) is 96.0 Å². The number of ether oxygens (including phenoxy) is 3. The molecule has 0 aliphatic carbocycles. The predicted molar refractivity (Wildman–Crippen MR) is 74.9 cm³/mol. The van der Waals surface area contributed by atoms with Gasteiger partial charge in [-0.15, -0.1) is 0 Å². The molecule has 0 fully saturated rings. The van der Waals surface area contributed by atoms with E-state index in [1.165, 1.54) is 20.1 Å². The van der Waals surface area contributed by atoms with Gasteiger partial charge in [-0.2, -0.15) is 0 Å². The van der Waals surface area contributed by atoms with Gasteiger partial charge in [0, 0.05) is 26.3 Å². The maximum absolute atomic E-state index is 12.0. The molecule has 1 rings (SSSR count). The molecular formula is C15H16O7. The van der Waals surface area contributed by atoms with Crippen LogP contribution in [0.5, 0.6) is 11.5 Å². The van der Waals surface area contributed by atoms with Crippen molar-refractivity contribution in [1.82, 2.24) is 0 Å². The molecule has 0 N–H and O–H groups in total. The minimum atomic E-state index is -0.759. The summed E-state index contributed by atoms with van der Waals surface area (Å²) in [5.41, 5.74) is 0.647. The summed E-state index contributed by atoms with van der Waals surface area (Å²) in [5.74, 6) is -2.03. The fraction of sp³-hybridized carbons (Fsp3) is 0.333. The van der Waals surface area contributed by atoms with E-state index >= 15 is 0 Å². The molecule has 0 unspecified atom stereocenters. The van der Waals surface area contributed by atoms with Crippen LogP contribution in [0.15, 0.2) is 6.07 Å². The summed E-state index contributed by atoms with van der Waals surface area (Å²) in [7, 11) is 1.17. The Morgan fingerprint density at radius 1 is 1.09 bits per heavy atom. The van der Waals surface area contributed by atoms with Crippen LogP contribution < -0.4 is 9.47 Å². The number of carbonyl (C=O) groups excluding carboxylic acids is 4. The molecule has 0 spiro atoms. The molecule has 0 saturated heterocycles. The monoisotopic (exact) mass is 308 g/mol. The van der Waals surface area contributed by atoms with E-state index in [-0.39, 0.29) is 29.0 Å². The lowest BCUT2D eigenvalue weighted by Crippen LogP contribution is -2.15. The van der Waals surface area contributed by atoms with Gasteiger partial charge in [0.05, 0.1) is 7.11 Å². The Balaban J connectivity index is 3.65. The molecule has 1 aromatic rings. The lowest BCUT2D eigenvalue weighted by atomic mass is 9.97. The van der Waals surface area contributed by atoms with E-state index < -0.39 is 17.9 Å². The van der Waals surface area contributed by atoms with E-state index in [0.717, 1.165) is 6.92 Å². The first-order valence-electron chi connectivity index (χ1n) is 6.37. The van der Waals surface area contributed by atoms with E-state index in [2.05, 4.69) is 4.74 Å². The van der Waals surface area contributed by atoms with Gasteiger partial charge in [0.15, 0.2) is 0 Å². The molecule has 1 aromatic carbocycles. The van der Waals surface area contributed by atoms with Crippen molar-refractivity contribution in [2.45, 2.75) is 27.2 Å². The molecule has 0 saturated carbocycles. The zero-order chi connectivity index (χ0) is 16.9.